The van der Waals surface area contributed by atoms with Crippen LogP contribution in [0.5, 0.6) is 0 Å². The quantitative estimate of drug-likeness (QED) is 0.852. The van der Waals surface area contributed by atoms with Crippen LogP contribution in [0.4, 0.5) is 0 Å². The average Bonchev–Trinajstić information content (AvgIpc) is 2.94. The van der Waals surface area contributed by atoms with Gasteiger partial charge in [0, 0.05) is 24.0 Å². The number of thiophene rings is 1. The van der Waals surface area contributed by atoms with E-state index in [1.807, 2.05) is 27.2 Å². The molecule has 120 valence electrons. The molecule has 1 saturated heterocycles. The molecular formula is C14H25N3O2S2. The van der Waals surface area contributed by atoms with Crippen molar-refractivity contribution in [2.45, 2.75) is 29.5 Å². The van der Waals surface area contributed by atoms with Crippen molar-refractivity contribution < 1.29 is 8.42 Å². The molecule has 21 heavy (non-hydrogen) atoms. The molecule has 1 fully saturated rings. The van der Waals surface area contributed by atoms with E-state index in [4.69, 9.17) is 0 Å². The standard InChI is InChI=1S/C14H25N3O2S2/c1-15-9-8-13-6-7-14(20-13)21(18,19)17-10-4-5-12(11-17)16(2)3/h6-7,12,15H,4-5,8-11H2,1-3H3. The normalized spacial score (nSPS) is 21.0. The number of nitrogens with one attached hydrogen (secondary N) is 1. The fourth-order valence-corrected chi connectivity index (χ4v) is 5.59. The molecule has 1 atom stereocenters. The number of nitrogens with zero attached hydrogens (tertiary/aromatic N) is 2. The van der Waals surface area contributed by atoms with Crippen molar-refractivity contribution >= 4 is 21.4 Å². The Kier molecular flexibility index (Phi) is 5.79. The number of piperidine rings is 1. The van der Waals surface area contributed by atoms with Gasteiger partial charge >= 0.3 is 0 Å². The van der Waals surface area contributed by atoms with Crippen molar-refractivity contribution in [1.29, 1.82) is 0 Å². The van der Waals surface area contributed by atoms with Crippen LogP contribution < -0.4 is 5.32 Å². The van der Waals surface area contributed by atoms with Gasteiger partial charge in [0.05, 0.1) is 0 Å². The van der Waals surface area contributed by atoms with E-state index in [1.165, 1.54) is 11.3 Å². The van der Waals surface area contributed by atoms with Crippen LogP contribution in [-0.4, -0.2) is 64.4 Å². The molecule has 7 heteroatoms. The summed E-state index contributed by atoms with van der Waals surface area (Å²) in [5.74, 6) is 0. The monoisotopic (exact) mass is 331 g/mol. The predicted molar refractivity (Wildman–Crippen MR) is 87.4 cm³/mol. The minimum Gasteiger partial charge on any atom is -0.319 e. The lowest BCUT2D eigenvalue weighted by atomic mass is 10.1. The van der Waals surface area contributed by atoms with E-state index in [2.05, 4.69) is 10.2 Å². The first kappa shape index (κ1) is 16.9. The van der Waals surface area contributed by atoms with Crippen LogP contribution in [0.3, 0.4) is 0 Å². The van der Waals surface area contributed by atoms with Crippen LogP contribution in [0, 0.1) is 0 Å². The molecule has 0 bridgehead atoms. The number of hydrogen-bond acceptors (Lipinski definition) is 5. The molecule has 5 nitrogen and oxygen atoms in total. The first-order valence-corrected chi connectivity index (χ1v) is 9.60. The summed E-state index contributed by atoms with van der Waals surface area (Å²) >= 11 is 1.40. The lowest BCUT2D eigenvalue weighted by Gasteiger charge is -2.35. The summed E-state index contributed by atoms with van der Waals surface area (Å²) in [6.45, 7) is 2.10. The highest BCUT2D eigenvalue weighted by Gasteiger charge is 2.31. The van der Waals surface area contributed by atoms with Crippen molar-refractivity contribution in [3.63, 3.8) is 0 Å². The van der Waals surface area contributed by atoms with Crippen LogP contribution in [0.25, 0.3) is 0 Å². The highest BCUT2D eigenvalue weighted by atomic mass is 32.2. The van der Waals surface area contributed by atoms with Crippen molar-refractivity contribution in [3.8, 4) is 0 Å². The molecule has 1 aliphatic rings. The van der Waals surface area contributed by atoms with Crippen molar-refractivity contribution in [3.05, 3.63) is 17.0 Å². The van der Waals surface area contributed by atoms with Crippen LogP contribution in [-0.2, 0) is 16.4 Å². The SMILES string of the molecule is CNCCc1ccc(S(=O)(=O)N2CCCC(N(C)C)C2)s1. The summed E-state index contributed by atoms with van der Waals surface area (Å²) in [6.07, 6.45) is 2.87. The second-order valence-electron chi connectivity index (χ2n) is 5.70. The highest BCUT2D eigenvalue weighted by molar-refractivity contribution is 7.91. The van der Waals surface area contributed by atoms with E-state index in [9.17, 15) is 8.42 Å². The maximum atomic E-state index is 12.7. The molecule has 2 rings (SSSR count). The Morgan fingerprint density at radius 2 is 2.19 bits per heavy atom. The number of likely N-dealkylation sites (N-methyl/N-ethyl adjacent to an activating group) is 2. The molecule has 1 aliphatic heterocycles. The minimum absolute atomic E-state index is 0.317. The molecule has 1 unspecified atom stereocenters. The molecule has 1 N–H and O–H groups in total. The molecular weight excluding hydrogens is 306 g/mol. The van der Waals surface area contributed by atoms with Gasteiger partial charge in [-0.1, -0.05) is 0 Å². The predicted octanol–water partition coefficient (Wildman–Crippen LogP) is 1.22. The molecule has 0 spiro atoms. The smallest absolute Gasteiger partial charge is 0.252 e. The molecule has 0 radical (unpaired) electrons. The topological polar surface area (TPSA) is 52.7 Å². The summed E-state index contributed by atoms with van der Waals surface area (Å²) in [7, 11) is 2.61. The van der Waals surface area contributed by atoms with Crippen LogP contribution in [0.1, 0.15) is 17.7 Å². The zero-order valence-corrected chi connectivity index (χ0v) is 14.6. The van der Waals surface area contributed by atoms with Gasteiger partial charge in [-0.2, -0.15) is 4.31 Å². The molecule has 1 aromatic rings. The lowest BCUT2D eigenvalue weighted by Crippen LogP contribution is -2.47. The van der Waals surface area contributed by atoms with Gasteiger partial charge in [0.1, 0.15) is 4.21 Å². The Labute approximate surface area is 132 Å². The fourth-order valence-electron chi connectivity index (χ4n) is 2.57. The molecule has 0 amide bonds. The molecule has 2 heterocycles. The maximum Gasteiger partial charge on any atom is 0.252 e. The summed E-state index contributed by atoms with van der Waals surface area (Å²) in [6, 6.07) is 4.00. The first-order chi connectivity index (χ1) is 9.95. The third kappa shape index (κ3) is 4.04. The third-order valence-electron chi connectivity index (χ3n) is 3.94. The van der Waals surface area contributed by atoms with E-state index in [0.29, 0.717) is 23.3 Å². The molecule has 1 aromatic heterocycles. The third-order valence-corrected chi connectivity index (χ3v) is 7.42. The van der Waals surface area contributed by atoms with Crippen LogP contribution in [0.15, 0.2) is 16.3 Å². The number of sulfonamides is 1. The Balaban J connectivity index is 2.11. The van der Waals surface area contributed by atoms with E-state index in [0.717, 1.165) is 30.7 Å². The summed E-state index contributed by atoms with van der Waals surface area (Å²) < 4.78 is 27.6. The Morgan fingerprint density at radius 3 is 2.86 bits per heavy atom. The van der Waals surface area contributed by atoms with E-state index in [-0.39, 0.29) is 0 Å². The summed E-state index contributed by atoms with van der Waals surface area (Å²) in [5, 5.41) is 3.09. The Morgan fingerprint density at radius 1 is 1.43 bits per heavy atom. The number of rotatable bonds is 6. The molecule has 0 saturated carbocycles. The second-order valence-corrected chi connectivity index (χ2v) is 9.03. The average molecular weight is 332 g/mol. The van der Waals surface area contributed by atoms with Crippen LogP contribution >= 0.6 is 11.3 Å². The van der Waals surface area contributed by atoms with Gasteiger partial charge in [-0.05, 0) is 59.1 Å². The van der Waals surface area contributed by atoms with Gasteiger partial charge < -0.3 is 10.2 Å². The lowest BCUT2D eigenvalue weighted by molar-refractivity contribution is 0.190. The van der Waals surface area contributed by atoms with Gasteiger partial charge in [0.25, 0.3) is 10.0 Å². The van der Waals surface area contributed by atoms with Gasteiger partial charge in [-0.3, -0.25) is 0 Å². The van der Waals surface area contributed by atoms with Gasteiger partial charge in [0.2, 0.25) is 0 Å². The van der Waals surface area contributed by atoms with Gasteiger partial charge in [0.15, 0.2) is 0 Å². The van der Waals surface area contributed by atoms with Gasteiger partial charge in [-0.25, -0.2) is 8.42 Å². The fraction of sp³-hybridized carbons (Fsp3) is 0.714. The zero-order valence-electron chi connectivity index (χ0n) is 13.0. The number of hydrogen-bond donors (Lipinski definition) is 1. The van der Waals surface area contributed by atoms with Crippen molar-refractivity contribution in [1.82, 2.24) is 14.5 Å². The Hall–Kier alpha value is -0.470. The van der Waals surface area contributed by atoms with E-state index < -0.39 is 10.0 Å². The first-order valence-electron chi connectivity index (χ1n) is 7.35. The summed E-state index contributed by atoms with van der Waals surface area (Å²) in [4.78, 5) is 3.23. The largest absolute Gasteiger partial charge is 0.319 e. The van der Waals surface area contributed by atoms with E-state index in [1.54, 1.807) is 10.4 Å². The maximum absolute atomic E-state index is 12.7. The minimum atomic E-state index is -3.33. The molecule has 0 aliphatic carbocycles. The highest BCUT2D eigenvalue weighted by Crippen LogP contribution is 2.27. The van der Waals surface area contributed by atoms with Crippen molar-refractivity contribution in [2.24, 2.45) is 0 Å². The van der Waals surface area contributed by atoms with Crippen LogP contribution in [0.2, 0.25) is 0 Å². The summed E-state index contributed by atoms with van der Waals surface area (Å²) in [5.41, 5.74) is 0. The molecule has 0 aromatic carbocycles. The van der Waals surface area contributed by atoms with Gasteiger partial charge in [-0.15, -0.1) is 11.3 Å². The van der Waals surface area contributed by atoms with E-state index >= 15 is 0 Å². The second kappa shape index (κ2) is 7.19. The Bertz CT molecular complexity index is 554. The van der Waals surface area contributed by atoms with Crippen molar-refractivity contribution in [2.75, 3.05) is 40.8 Å². The zero-order chi connectivity index (χ0) is 15.5.